The van der Waals surface area contributed by atoms with E-state index in [2.05, 4.69) is 0 Å². The van der Waals surface area contributed by atoms with E-state index in [0.29, 0.717) is 13.1 Å². The molecule has 1 aliphatic rings. The zero-order chi connectivity index (χ0) is 12.3. The van der Waals surface area contributed by atoms with Gasteiger partial charge >= 0.3 is 5.97 Å². The van der Waals surface area contributed by atoms with Gasteiger partial charge in [0.05, 0.1) is 18.3 Å². The van der Waals surface area contributed by atoms with Crippen molar-refractivity contribution < 1.29 is 19.4 Å². The van der Waals surface area contributed by atoms with Gasteiger partial charge < -0.3 is 14.6 Å². The topological polar surface area (TPSA) is 59.0 Å². The summed E-state index contributed by atoms with van der Waals surface area (Å²) >= 11 is 0. The molecule has 16 heavy (non-hydrogen) atoms. The molecule has 1 fully saturated rings. The van der Waals surface area contributed by atoms with E-state index in [9.17, 15) is 4.79 Å². The Bertz CT molecular complexity index is 254. The molecule has 1 heterocycles. The van der Waals surface area contributed by atoms with E-state index >= 15 is 0 Å². The van der Waals surface area contributed by atoms with Crippen molar-refractivity contribution in [2.45, 2.75) is 38.5 Å². The number of hydrogen-bond donors (Lipinski definition) is 1. The number of aliphatic carboxylic acids is 1. The molecule has 0 spiro atoms. The average Bonchev–Trinajstić information content (AvgIpc) is 2.09. The fraction of sp³-hybridized carbons (Fsp3) is 0.909. The van der Waals surface area contributed by atoms with Gasteiger partial charge in [0.1, 0.15) is 6.04 Å². The number of rotatable bonds is 4. The predicted molar refractivity (Wildman–Crippen MR) is 59.5 cm³/mol. The number of carbonyl (C=O) groups is 1. The molecule has 0 aromatic carbocycles. The van der Waals surface area contributed by atoms with Gasteiger partial charge in [-0.25, -0.2) is 0 Å². The van der Waals surface area contributed by atoms with Gasteiger partial charge in [0.15, 0.2) is 0 Å². The van der Waals surface area contributed by atoms with Crippen LogP contribution in [0.3, 0.4) is 0 Å². The van der Waals surface area contributed by atoms with Crippen LogP contribution in [0, 0.1) is 0 Å². The normalized spacial score (nSPS) is 27.6. The maximum atomic E-state index is 11.1. The van der Waals surface area contributed by atoms with Gasteiger partial charge in [-0.05, 0) is 20.8 Å². The zero-order valence-electron chi connectivity index (χ0n) is 10.4. The molecule has 0 amide bonds. The average molecular weight is 231 g/mol. The van der Waals surface area contributed by atoms with Crippen molar-refractivity contribution in [3.63, 3.8) is 0 Å². The Morgan fingerprint density at radius 1 is 1.69 bits per heavy atom. The van der Waals surface area contributed by atoms with E-state index < -0.39 is 12.0 Å². The van der Waals surface area contributed by atoms with E-state index in [1.165, 1.54) is 7.11 Å². The molecule has 2 atom stereocenters. The molecule has 94 valence electrons. The van der Waals surface area contributed by atoms with Crippen molar-refractivity contribution in [1.29, 1.82) is 0 Å². The zero-order valence-corrected chi connectivity index (χ0v) is 10.4. The minimum atomic E-state index is -0.841. The van der Waals surface area contributed by atoms with Crippen molar-refractivity contribution >= 4 is 5.97 Å². The summed E-state index contributed by atoms with van der Waals surface area (Å²) in [5, 5.41) is 9.15. The molecule has 0 aromatic rings. The molecule has 5 heteroatoms. The van der Waals surface area contributed by atoms with Crippen molar-refractivity contribution in [2.75, 3.05) is 26.8 Å². The van der Waals surface area contributed by atoms with Crippen LogP contribution in [-0.2, 0) is 14.3 Å². The quantitative estimate of drug-likeness (QED) is 0.767. The Labute approximate surface area is 96.3 Å². The lowest BCUT2D eigenvalue weighted by atomic mass is 10.0. The highest BCUT2D eigenvalue weighted by Gasteiger charge is 2.37. The lowest BCUT2D eigenvalue weighted by Gasteiger charge is -2.43. The lowest BCUT2D eigenvalue weighted by Crippen LogP contribution is -2.58. The van der Waals surface area contributed by atoms with Crippen LogP contribution in [0.5, 0.6) is 0 Å². The third-order valence-electron chi connectivity index (χ3n) is 2.65. The first-order valence-electron chi connectivity index (χ1n) is 5.49. The molecule has 0 radical (unpaired) electrons. The summed E-state index contributed by atoms with van der Waals surface area (Å²) in [6.45, 7) is 7.35. The highest BCUT2D eigenvalue weighted by molar-refractivity contribution is 5.73. The Morgan fingerprint density at radius 3 is 2.75 bits per heavy atom. The molecular weight excluding hydrogens is 210 g/mol. The number of carboxylic acid groups (broad SMARTS) is 1. The standard InChI is InChI=1S/C11H21NO4/c1-8-5-12(7-11(2,3)16-8)9(6-15-4)10(13)14/h8-9H,5-7H2,1-4H3,(H,13,14). The molecule has 0 aromatic heterocycles. The Balaban J connectivity index is 2.72. The van der Waals surface area contributed by atoms with Crippen molar-refractivity contribution in [2.24, 2.45) is 0 Å². The van der Waals surface area contributed by atoms with E-state index in [1.54, 1.807) is 0 Å². The van der Waals surface area contributed by atoms with Crippen LogP contribution in [0.15, 0.2) is 0 Å². The Hall–Kier alpha value is -0.650. The molecule has 0 saturated carbocycles. The van der Waals surface area contributed by atoms with Crippen molar-refractivity contribution in [3.8, 4) is 0 Å². The number of carboxylic acids is 1. The van der Waals surface area contributed by atoms with E-state index in [-0.39, 0.29) is 18.3 Å². The predicted octanol–water partition coefficient (Wildman–Crippen LogP) is 0.585. The van der Waals surface area contributed by atoms with Gasteiger partial charge in [0.2, 0.25) is 0 Å². The van der Waals surface area contributed by atoms with Gasteiger partial charge in [-0.1, -0.05) is 0 Å². The monoisotopic (exact) mass is 231 g/mol. The highest BCUT2D eigenvalue weighted by Crippen LogP contribution is 2.22. The van der Waals surface area contributed by atoms with Crippen molar-refractivity contribution in [1.82, 2.24) is 4.90 Å². The second-order valence-corrected chi connectivity index (χ2v) is 4.93. The van der Waals surface area contributed by atoms with Gasteiger partial charge in [-0.3, -0.25) is 9.69 Å². The molecule has 1 saturated heterocycles. The van der Waals surface area contributed by atoms with Crippen molar-refractivity contribution in [3.05, 3.63) is 0 Å². The van der Waals surface area contributed by atoms with E-state index in [1.807, 2.05) is 25.7 Å². The minimum absolute atomic E-state index is 0.0439. The maximum absolute atomic E-state index is 11.1. The lowest BCUT2D eigenvalue weighted by molar-refractivity contribution is -0.163. The Morgan fingerprint density at radius 2 is 2.31 bits per heavy atom. The minimum Gasteiger partial charge on any atom is -0.480 e. The molecule has 5 nitrogen and oxygen atoms in total. The third-order valence-corrected chi connectivity index (χ3v) is 2.65. The maximum Gasteiger partial charge on any atom is 0.323 e. The number of nitrogens with zero attached hydrogens (tertiary/aromatic N) is 1. The van der Waals surface area contributed by atoms with E-state index in [4.69, 9.17) is 14.6 Å². The molecule has 1 N–H and O–H groups in total. The smallest absolute Gasteiger partial charge is 0.323 e. The number of hydrogen-bond acceptors (Lipinski definition) is 4. The summed E-state index contributed by atoms with van der Waals surface area (Å²) in [4.78, 5) is 13.1. The summed E-state index contributed by atoms with van der Waals surface area (Å²) in [6, 6.07) is -0.587. The summed E-state index contributed by atoms with van der Waals surface area (Å²) in [5.74, 6) is -0.841. The number of methoxy groups -OCH3 is 1. The van der Waals surface area contributed by atoms with Crippen LogP contribution in [0.2, 0.25) is 0 Å². The van der Waals surface area contributed by atoms with Gasteiger partial charge in [-0.15, -0.1) is 0 Å². The molecule has 2 unspecified atom stereocenters. The van der Waals surface area contributed by atoms with Gasteiger partial charge in [-0.2, -0.15) is 0 Å². The first-order chi connectivity index (χ1) is 7.35. The first-order valence-corrected chi connectivity index (χ1v) is 5.49. The highest BCUT2D eigenvalue weighted by atomic mass is 16.5. The second kappa shape index (κ2) is 5.12. The summed E-state index contributed by atoms with van der Waals surface area (Å²) < 4.78 is 10.7. The number of ether oxygens (including phenoxy) is 2. The van der Waals surface area contributed by atoms with E-state index in [0.717, 1.165) is 0 Å². The van der Waals surface area contributed by atoms with Crippen LogP contribution in [0.25, 0.3) is 0 Å². The van der Waals surface area contributed by atoms with Crippen LogP contribution >= 0.6 is 0 Å². The SMILES string of the molecule is COCC(C(=O)O)N1CC(C)OC(C)(C)C1. The van der Waals surface area contributed by atoms with Crippen LogP contribution < -0.4 is 0 Å². The fourth-order valence-corrected chi connectivity index (χ4v) is 2.23. The van der Waals surface area contributed by atoms with Gasteiger partial charge in [0.25, 0.3) is 0 Å². The second-order valence-electron chi connectivity index (χ2n) is 4.93. The third kappa shape index (κ3) is 3.43. The van der Waals surface area contributed by atoms with Crippen LogP contribution in [0.1, 0.15) is 20.8 Å². The van der Waals surface area contributed by atoms with Gasteiger partial charge in [0, 0.05) is 20.2 Å². The van der Waals surface area contributed by atoms with Crippen LogP contribution in [0.4, 0.5) is 0 Å². The molecule has 0 bridgehead atoms. The molecule has 1 rings (SSSR count). The molecule has 1 aliphatic heterocycles. The fourth-order valence-electron chi connectivity index (χ4n) is 2.23. The summed E-state index contributed by atoms with van der Waals surface area (Å²) in [5.41, 5.74) is -0.306. The largest absolute Gasteiger partial charge is 0.480 e. The molecule has 0 aliphatic carbocycles. The Kier molecular flexibility index (Phi) is 4.29. The summed E-state index contributed by atoms with van der Waals surface area (Å²) in [6.07, 6.45) is 0.0439. The van der Waals surface area contributed by atoms with Crippen LogP contribution in [-0.4, -0.2) is 60.5 Å². The molecular formula is C11H21NO4. The number of morpholine rings is 1. The first kappa shape index (κ1) is 13.4. The summed E-state index contributed by atoms with van der Waals surface area (Å²) in [7, 11) is 1.52.